The number of rotatable bonds is 4. The fourth-order valence-corrected chi connectivity index (χ4v) is 1.93. The molecule has 18 heavy (non-hydrogen) atoms. The summed E-state index contributed by atoms with van der Waals surface area (Å²) >= 11 is 0. The number of carboxylic acid groups (broad SMARTS) is 1. The first kappa shape index (κ1) is 12.4. The van der Waals surface area contributed by atoms with E-state index in [1.54, 1.807) is 18.4 Å². The number of carboxylic acids is 1. The second-order valence-corrected chi connectivity index (χ2v) is 4.18. The van der Waals surface area contributed by atoms with Crippen LogP contribution in [0.3, 0.4) is 0 Å². The van der Waals surface area contributed by atoms with Gasteiger partial charge in [0.05, 0.1) is 17.5 Å². The van der Waals surface area contributed by atoms with Crippen molar-refractivity contribution in [3.63, 3.8) is 0 Å². The molecular weight excluding hydrogens is 230 g/mol. The maximum absolute atomic E-state index is 11.2. The van der Waals surface area contributed by atoms with Crippen LogP contribution in [0, 0.1) is 6.92 Å². The number of hydrogen-bond donors (Lipinski definition) is 1. The van der Waals surface area contributed by atoms with Crippen LogP contribution in [0.15, 0.2) is 28.9 Å². The zero-order valence-electron chi connectivity index (χ0n) is 10.4. The van der Waals surface area contributed by atoms with Crippen LogP contribution in [-0.4, -0.2) is 16.1 Å². The Bertz CT molecular complexity index is 559. The minimum absolute atomic E-state index is 0.282. The predicted molar refractivity (Wildman–Crippen MR) is 67.6 cm³/mol. The molecule has 4 nitrogen and oxygen atoms in total. The molecule has 0 saturated heterocycles. The number of carbonyl (C=O) groups is 1. The summed E-state index contributed by atoms with van der Waals surface area (Å²) in [5, 5.41) is 9.17. The van der Waals surface area contributed by atoms with Crippen molar-refractivity contribution in [2.24, 2.45) is 0 Å². The molecule has 0 radical (unpaired) electrons. The lowest BCUT2D eigenvalue weighted by Crippen LogP contribution is -2.07. The Labute approximate surface area is 105 Å². The highest BCUT2D eigenvalue weighted by Crippen LogP contribution is 2.24. The molecule has 0 aliphatic rings. The van der Waals surface area contributed by atoms with Gasteiger partial charge in [-0.15, -0.1) is 0 Å². The van der Waals surface area contributed by atoms with Crippen molar-refractivity contribution in [3.05, 3.63) is 41.3 Å². The number of hydrogen-bond acceptors (Lipinski definition) is 3. The Morgan fingerprint density at radius 3 is 2.83 bits per heavy atom. The first-order valence-corrected chi connectivity index (χ1v) is 5.91. The highest BCUT2D eigenvalue weighted by Gasteiger charge is 2.16. The molecular formula is C14H15NO3. The Morgan fingerprint density at radius 1 is 1.50 bits per heavy atom. The number of aromatic nitrogens is 1. The zero-order valence-corrected chi connectivity index (χ0v) is 10.4. The van der Waals surface area contributed by atoms with Crippen LogP contribution in [-0.2, 0) is 6.42 Å². The fourth-order valence-electron chi connectivity index (χ4n) is 1.93. The summed E-state index contributed by atoms with van der Waals surface area (Å²) in [7, 11) is 0. The Kier molecular flexibility index (Phi) is 3.46. The average Bonchev–Trinajstić information content (AvgIpc) is 2.84. The standard InChI is InChI=1S/C14H15NO3/c1-3-5-11-10(14(16)17)8-9(2)13(15-11)12-6-4-7-18-12/h4,6-8H,3,5H2,1-2H3,(H,16,17). The van der Waals surface area contributed by atoms with Crippen molar-refractivity contribution in [1.29, 1.82) is 0 Å². The van der Waals surface area contributed by atoms with Gasteiger partial charge in [-0.05, 0) is 37.1 Å². The van der Waals surface area contributed by atoms with Gasteiger partial charge in [-0.1, -0.05) is 13.3 Å². The van der Waals surface area contributed by atoms with Crippen LogP contribution in [0.25, 0.3) is 11.5 Å². The van der Waals surface area contributed by atoms with Crippen LogP contribution in [0.2, 0.25) is 0 Å². The van der Waals surface area contributed by atoms with E-state index in [-0.39, 0.29) is 5.56 Å². The van der Waals surface area contributed by atoms with Crippen molar-refractivity contribution in [1.82, 2.24) is 4.98 Å². The fraction of sp³-hybridized carbons (Fsp3) is 0.286. The van der Waals surface area contributed by atoms with Crippen LogP contribution < -0.4 is 0 Å². The lowest BCUT2D eigenvalue weighted by molar-refractivity contribution is 0.0695. The zero-order chi connectivity index (χ0) is 13.1. The highest BCUT2D eigenvalue weighted by atomic mass is 16.4. The van der Waals surface area contributed by atoms with E-state index in [1.165, 1.54) is 0 Å². The quantitative estimate of drug-likeness (QED) is 0.897. The van der Waals surface area contributed by atoms with Gasteiger partial charge in [0.2, 0.25) is 0 Å². The van der Waals surface area contributed by atoms with E-state index in [0.717, 1.165) is 12.0 Å². The van der Waals surface area contributed by atoms with Gasteiger partial charge in [0.25, 0.3) is 0 Å². The SMILES string of the molecule is CCCc1nc(-c2ccco2)c(C)cc1C(=O)O. The minimum atomic E-state index is -0.931. The van der Waals surface area contributed by atoms with Crippen molar-refractivity contribution in [2.45, 2.75) is 26.7 Å². The van der Waals surface area contributed by atoms with Gasteiger partial charge in [0.1, 0.15) is 5.69 Å². The lowest BCUT2D eigenvalue weighted by Gasteiger charge is -2.09. The molecule has 0 saturated carbocycles. The topological polar surface area (TPSA) is 63.3 Å². The number of furan rings is 1. The van der Waals surface area contributed by atoms with Gasteiger partial charge in [-0.25, -0.2) is 9.78 Å². The number of nitrogens with zero attached hydrogens (tertiary/aromatic N) is 1. The first-order valence-electron chi connectivity index (χ1n) is 5.91. The van der Waals surface area contributed by atoms with Crippen molar-refractivity contribution >= 4 is 5.97 Å². The second-order valence-electron chi connectivity index (χ2n) is 4.18. The van der Waals surface area contributed by atoms with Gasteiger partial charge < -0.3 is 9.52 Å². The average molecular weight is 245 g/mol. The molecule has 0 fully saturated rings. The van der Waals surface area contributed by atoms with E-state index in [2.05, 4.69) is 4.98 Å². The van der Waals surface area contributed by atoms with Crippen LogP contribution in [0.4, 0.5) is 0 Å². The first-order chi connectivity index (χ1) is 8.63. The minimum Gasteiger partial charge on any atom is -0.478 e. The molecule has 0 aliphatic heterocycles. The lowest BCUT2D eigenvalue weighted by atomic mass is 10.0. The molecule has 0 spiro atoms. The predicted octanol–water partition coefficient (Wildman–Crippen LogP) is 3.30. The third-order valence-electron chi connectivity index (χ3n) is 2.76. The Balaban J connectivity index is 2.56. The molecule has 4 heteroatoms. The van der Waals surface area contributed by atoms with Gasteiger partial charge in [0, 0.05) is 0 Å². The second kappa shape index (κ2) is 5.04. The highest BCUT2D eigenvalue weighted by molar-refractivity contribution is 5.89. The smallest absolute Gasteiger partial charge is 0.337 e. The van der Waals surface area contributed by atoms with E-state index in [4.69, 9.17) is 4.42 Å². The Hall–Kier alpha value is -2.10. The largest absolute Gasteiger partial charge is 0.478 e. The van der Waals surface area contributed by atoms with Crippen LogP contribution in [0.5, 0.6) is 0 Å². The molecule has 0 aliphatic carbocycles. The number of pyridine rings is 1. The molecule has 94 valence electrons. The van der Waals surface area contributed by atoms with Crippen LogP contribution >= 0.6 is 0 Å². The normalized spacial score (nSPS) is 10.6. The van der Waals surface area contributed by atoms with E-state index in [9.17, 15) is 9.90 Å². The molecule has 2 aromatic heterocycles. The van der Waals surface area contributed by atoms with Crippen molar-refractivity contribution < 1.29 is 14.3 Å². The van der Waals surface area contributed by atoms with Crippen molar-refractivity contribution in [2.75, 3.05) is 0 Å². The summed E-state index contributed by atoms with van der Waals surface area (Å²) in [6.45, 7) is 3.84. The molecule has 2 rings (SSSR count). The summed E-state index contributed by atoms with van der Waals surface area (Å²) in [6.07, 6.45) is 3.09. The number of aryl methyl sites for hydroxylation is 2. The molecule has 1 N–H and O–H groups in total. The molecule has 0 aromatic carbocycles. The molecule has 0 amide bonds. The molecule has 0 atom stereocenters. The Morgan fingerprint density at radius 2 is 2.28 bits per heavy atom. The maximum atomic E-state index is 11.2. The monoisotopic (exact) mass is 245 g/mol. The summed E-state index contributed by atoms with van der Waals surface area (Å²) < 4.78 is 5.32. The molecule has 0 bridgehead atoms. The van der Waals surface area contributed by atoms with Crippen LogP contribution in [0.1, 0.15) is 35.0 Å². The van der Waals surface area contributed by atoms with Gasteiger partial charge in [-0.3, -0.25) is 0 Å². The third kappa shape index (κ3) is 2.27. The summed E-state index contributed by atoms with van der Waals surface area (Å²) in [4.78, 5) is 15.6. The molecule has 2 aromatic rings. The molecule has 2 heterocycles. The van der Waals surface area contributed by atoms with E-state index in [0.29, 0.717) is 23.6 Å². The van der Waals surface area contributed by atoms with Gasteiger partial charge in [0.15, 0.2) is 5.76 Å². The molecule has 0 unspecified atom stereocenters. The summed E-state index contributed by atoms with van der Waals surface area (Å²) in [6, 6.07) is 5.28. The summed E-state index contributed by atoms with van der Waals surface area (Å²) in [5.74, 6) is -0.262. The maximum Gasteiger partial charge on any atom is 0.337 e. The van der Waals surface area contributed by atoms with Gasteiger partial charge in [-0.2, -0.15) is 0 Å². The van der Waals surface area contributed by atoms with E-state index < -0.39 is 5.97 Å². The van der Waals surface area contributed by atoms with E-state index in [1.807, 2.05) is 19.9 Å². The third-order valence-corrected chi connectivity index (χ3v) is 2.76. The van der Waals surface area contributed by atoms with E-state index >= 15 is 0 Å². The summed E-state index contributed by atoms with van der Waals surface area (Å²) in [5.41, 5.74) is 2.42. The van der Waals surface area contributed by atoms with Crippen molar-refractivity contribution in [3.8, 4) is 11.5 Å². The van der Waals surface area contributed by atoms with Gasteiger partial charge >= 0.3 is 5.97 Å². The number of aromatic carboxylic acids is 1.